The Morgan fingerprint density at radius 1 is 1.60 bits per heavy atom. The topological polar surface area (TPSA) is 30.0 Å². The van der Waals surface area contributed by atoms with Gasteiger partial charge in [0.05, 0.1) is 0 Å². The minimum atomic E-state index is 0.0526. The Morgan fingerprint density at radius 2 is 2.30 bits per heavy atom. The van der Waals surface area contributed by atoms with Gasteiger partial charge >= 0.3 is 0 Å². The Balaban J connectivity index is 3.07. The molecule has 0 aliphatic heterocycles. The second-order valence-electron chi connectivity index (χ2n) is 2.06. The first-order valence-electron chi connectivity index (χ1n) is 2.91. The van der Waals surface area contributed by atoms with Crippen molar-refractivity contribution in [3.05, 3.63) is 24.0 Å². The van der Waals surface area contributed by atoms with Crippen molar-refractivity contribution in [2.75, 3.05) is 0 Å². The molecule has 0 spiro atoms. The van der Waals surface area contributed by atoms with Crippen LogP contribution in [0.15, 0.2) is 18.5 Å². The van der Waals surface area contributed by atoms with Crippen molar-refractivity contribution >= 4 is 20.3 Å². The van der Waals surface area contributed by atoms with Gasteiger partial charge in [-0.15, -0.1) is 9.24 Å². The third-order valence-electron chi connectivity index (χ3n) is 1.17. The van der Waals surface area contributed by atoms with Crippen molar-refractivity contribution < 1.29 is 4.79 Å². The zero-order valence-corrected chi connectivity index (χ0v) is 6.82. The molecule has 1 rings (SSSR count). The Labute approximate surface area is 61.9 Å². The quantitative estimate of drug-likeness (QED) is 0.441. The number of aromatic nitrogens is 1. The van der Waals surface area contributed by atoms with Crippen LogP contribution in [-0.2, 0) is 0 Å². The van der Waals surface area contributed by atoms with Crippen LogP contribution < -0.4 is 5.30 Å². The number of hydrogen-bond acceptors (Lipinski definition) is 2. The van der Waals surface area contributed by atoms with Gasteiger partial charge in [0.2, 0.25) is 0 Å². The van der Waals surface area contributed by atoms with E-state index in [1.807, 2.05) is 0 Å². The minimum Gasteiger partial charge on any atom is -0.294 e. The van der Waals surface area contributed by atoms with Crippen molar-refractivity contribution in [1.82, 2.24) is 4.98 Å². The van der Waals surface area contributed by atoms with Crippen molar-refractivity contribution in [3.8, 4) is 0 Å². The normalized spacial score (nSPS) is 9.40. The van der Waals surface area contributed by atoms with Crippen molar-refractivity contribution in [2.24, 2.45) is 0 Å². The lowest BCUT2D eigenvalue weighted by Gasteiger charge is -1.93. The number of nitrogens with zero attached hydrogens (tertiary/aromatic N) is 1. The van der Waals surface area contributed by atoms with Gasteiger partial charge in [-0.05, 0) is 18.3 Å². The van der Waals surface area contributed by atoms with E-state index < -0.39 is 0 Å². The van der Waals surface area contributed by atoms with Gasteiger partial charge in [-0.1, -0.05) is 0 Å². The number of ketones is 1. The average molecular weight is 153 g/mol. The van der Waals surface area contributed by atoms with E-state index in [2.05, 4.69) is 14.2 Å². The predicted octanol–water partition coefficient (Wildman–Crippen LogP) is 0.785. The molecule has 0 saturated carbocycles. The fourth-order valence-corrected chi connectivity index (χ4v) is 0.916. The summed E-state index contributed by atoms with van der Waals surface area (Å²) in [6.07, 6.45) is 3.26. The lowest BCUT2D eigenvalue weighted by Crippen LogP contribution is -1.99. The molecule has 52 valence electrons. The molecule has 0 fully saturated rings. The second-order valence-corrected chi connectivity index (χ2v) is 2.73. The fraction of sp³-hybridized carbons (Fsp3) is 0.143. The maximum atomic E-state index is 10.7. The number of pyridine rings is 1. The van der Waals surface area contributed by atoms with Crippen LogP contribution in [0.25, 0.3) is 0 Å². The van der Waals surface area contributed by atoms with Gasteiger partial charge in [0, 0.05) is 18.0 Å². The second kappa shape index (κ2) is 2.89. The number of carbonyl (C=O) groups is 1. The summed E-state index contributed by atoms with van der Waals surface area (Å²) in [5.41, 5.74) is 0.660. The molecule has 3 heteroatoms. The van der Waals surface area contributed by atoms with Gasteiger partial charge < -0.3 is 0 Å². The van der Waals surface area contributed by atoms with Gasteiger partial charge in [0.15, 0.2) is 5.78 Å². The van der Waals surface area contributed by atoms with Crippen LogP contribution in [0.3, 0.4) is 0 Å². The lowest BCUT2D eigenvalue weighted by molar-refractivity contribution is 0.101. The van der Waals surface area contributed by atoms with E-state index in [-0.39, 0.29) is 5.78 Å². The third kappa shape index (κ3) is 1.61. The standard InChI is InChI=1S/C7H8NOP/c1-5(9)6-2-7(10)4-8-3-6/h2-4H,10H2,1H3. The summed E-state index contributed by atoms with van der Waals surface area (Å²) in [5.74, 6) is 0.0526. The number of rotatable bonds is 1. The van der Waals surface area contributed by atoms with E-state index in [1.54, 1.807) is 18.5 Å². The smallest absolute Gasteiger partial charge is 0.161 e. The average Bonchev–Trinajstić information content (AvgIpc) is 1.88. The maximum absolute atomic E-state index is 10.7. The molecule has 1 aromatic rings. The van der Waals surface area contributed by atoms with Crippen LogP contribution in [0.5, 0.6) is 0 Å². The Bertz CT molecular complexity index is 260. The molecular formula is C7H8NOP. The summed E-state index contributed by atoms with van der Waals surface area (Å²) in [7, 11) is 2.49. The molecule has 0 aromatic carbocycles. The van der Waals surface area contributed by atoms with E-state index in [0.29, 0.717) is 5.56 Å². The van der Waals surface area contributed by atoms with Crippen LogP contribution in [0.1, 0.15) is 17.3 Å². The molecule has 0 bridgehead atoms. The first-order chi connectivity index (χ1) is 4.70. The summed E-state index contributed by atoms with van der Waals surface area (Å²) < 4.78 is 0. The van der Waals surface area contributed by atoms with Crippen molar-refractivity contribution in [3.63, 3.8) is 0 Å². The largest absolute Gasteiger partial charge is 0.294 e. The summed E-state index contributed by atoms with van der Waals surface area (Å²) in [4.78, 5) is 14.6. The molecule has 0 aliphatic carbocycles. The number of Topliss-reactive ketones (excluding diaryl/α,β-unsaturated/α-hetero) is 1. The highest BCUT2D eigenvalue weighted by Gasteiger charge is 1.97. The molecule has 1 heterocycles. The molecule has 10 heavy (non-hydrogen) atoms. The van der Waals surface area contributed by atoms with Gasteiger partial charge in [0.1, 0.15) is 0 Å². The molecule has 0 saturated heterocycles. The van der Waals surface area contributed by atoms with Gasteiger partial charge in [-0.2, -0.15) is 0 Å². The van der Waals surface area contributed by atoms with Crippen molar-refractivity contribution in [2.45, 2.75) is 6.92 Å². The highest BCUT2D eigenvalue weighted by Crippen LogP contribution is 1.96. The molecule has 1 atom stereocenters. The van der Waals surface area contributed by atoms with Crippen LogP contribution in [0.4, 0.5) is 0 Å². The van der Waals surface area contributed by atoms with E-state index in [1.165, 1.54) is 6.92 Å². The SMILES string of the molecule is CC(=O)c1cncc(P)c1. The molecule has 1 unspecified atom stereocenters. The Morgan fingerprint density at radius 3 is 2.70 bits per heavy atom. The van der Waals surface area contributed by atoms with Crippen LogP contribution >= 0.6 is 9.24 Å². The number of carbonyl (C=O) groups excluding carboxylic acids is 1. The number of hydrogen-bond donors (Lipinski definition) is 0. The fourth-order valence-electron chi connectivity index (χ4n) is 0.650. The van der Waals surface area contributed by atoms with Crippen LogP contribution in [-0.4, -0.2) is 10.8 Å². The van der Waals surface area contributed by atoms with Gasteiger partial charge in [0.25, 0.3) is 0 Å². The first-order valence-corrected chi connectivity index (χ1v) is 3.49. The molecule has 0 radical (unpaired) electrons. The van der Waals surface area contributed by atoms with E-state index in [9.17, 15) is 4.79 Å². The highest BCUT2D eigenvalue weighted by molar-refractivity contribution is 7.27. The molecule has 2 nitrogen and oxygen atoms in total. The van der Waals surface area contributed by atoms with E-state index >= 15 is 0 Å². The van der Waals surface area contributed by atoms with E-state index in [4.69, 9.17) is 0 Å². The van der Waals surface area contributed by atoms with Crippen molar-refractivity contribution in [1.29, 1.82) is 0 Å². The molecular weight excluding hydrogens is 145 g/mol. The van der Waals surface area contributed by atoms with Crippen LogP contribution in [0, 0.1) is 0 Å². The predicted molar refractivity (Wildman–Crippen MR) is 43.6 cm³/mol. The maximum Gasteiger partial charge on any atom is 0.161 e. The van der Waals surface area contributed by atoms with E-state index in [0.717, 1.165) is 5.30 Å². The Kier molecular flexibility index (Phi) is 2.13. The summed E-state index contributed by atoms with van der Waals surface area (Å²) in [6.45, 7) is 1.53. The first kappa shape index (κ1) is 7.36. The summed E-state index contributed by atoms with van der Waals surface area (Å²) >= 11 is 0. The van der Waals surface area contributed by atoms with Gasteiger partial charge in [-0.25, -0.2) is 0 Å². The molecule has 0 N–H and O–H groups in total. The molecule has 0 aliphatic rings. The monoisotopic (exact) mass is 153 g/mol. The third-order valence-corrected chi connectivity index (χ3v) is 1.48. The van der Waals surface area contributed by atoms with Gasteiger partial charge in [-0.3, -0.25) is 9.78 Å². The summed E-state index contributed by atoms with van der Waals surface area (Å²) in [6, 6.07) is 1.79. The summed E-state index contributed by atoms with van der Waals surface area (Å²) in [5, 5.41) is 0.938. The zero-order valence-electron chi connectivity index (χ0n) is 5.66. The minimum absolute atomic E-state index is 0.0526. The zero-order chi connectivity index (χ0) is 7.56. The van der Waals surface area contributed by atoms with Crippen LogP contribution in [0.2, 0.25) is 0 Å². The lowest BCUT2D eigenvalue weighted by atomic mass is 10.2. The highest BCUT2D eigenvalue weighted by atomic mass is 31.0. The molecule has 1 aromatic heterocycles. The Hall–Kier alpha value is -0.750. The molecule has 0 amide bonds.